The first-order valence-electron chi connectivity index (χ1n) is 8.37. The summed E-state index contributed by atoms with van der Waals surface area (Å²) in [5.41, 5.74) is 4.21. The molecule has 0 radical (unpaired) electrons. The topological polar surface area (TPSA) is 75.0 Å². The van der Waals surface area contributed by atoms with Gasteiger partial charge in [-0.05, 0) is 49.3 Å². The molecule has 3 aromatic rings. The summed E-state index contributed by atoms with van der Waals surface area (Å²) in [5.74, 6) is -1.30. The lowest BCUT2D eigenvalue weighted by Gasteiger charge is -2.17. The zero-order valence-electron chi connectivity index (χ0n) is 13.8. The Kier molecular flexibility index (Phi) is 3.92. The van der Waals surface area contributed by atoms with Crippen LogP contribution in [0.4, 0.5) is 0 Å². The van der Waals surface area contributed by atoms with E-state index in [-0.39, 0.29) is 5.56 Å². The number of thiophene rings is 1. The Balaban J connectivity index is 1.90. The van der Waals surface area contributed by atoms with E-state index < -0.39 is 12.0 Å². The molecule has 4 rings (SSSR count). The minimum atomic E-state index is -1.30. The number of benzene rings is 1. The summed E-state index contributed by atoms with van der Waals surface area (Å²) in [7, 11) is 0. The second kappa shape index (κ2) is 6.11. The molecule has 5 nitrogen and oxygen atoms in total. The average molecular weight is 353 g/mol. The summed E-state index contributed by atoms with van der Waals surface area (Å²) in [4.78, 5) is 28.9. The standard InChI is InChI=1S/C19H18N2O3S/c1-11(19(23)24)21-10-20-17-16(18(21)22)15(9-25-17)14-7-6-12-4-2-3-5-13(12)8-14/h6-11H,2-5H2,1H3,(H,23,24)/p-1/t11-/m0/s1. The molecular weight excluding hydrogens is 336 g/mol. The summed E-state index contributed by atoms with van der Waals surface area (Å²) < 4.78 is 1.13. The maximum atomic E-state index is 12.9. The van der Waals surface area contributed by atoms with Gasteiger partial charge in [-0.15, -0.1) is 11.3 Å². The molecule has 0 fully saturated rings. The Labute approximate surface area is 148 Å². The Morgan fingerprint density at radius 1 is 1.28 bits per heavy atom. The SMILES string of the molecule is C[C@@H](C(=O)[O-])n1cnc2scc(-c3ccc4c(c3)CCCC4)c2c1=O. The third-order valence-electron chi connectivity index (χ3n) is 4.94. The van der Waals surface area contributed by atoms with E-state index in [1.807, 2.05) is 11.4 Å². The van der Waals surface area contributed by atoms with Crippen molar-refractivity contribution in [3.05, 3.63) is 51.4 Å². The van der Waals surface area contributed by atoms with Crippen molar-refractivity contribution in [3.8, 4) is 11.1 Å². The van der Waals surface area contributed by atoms with Crippen LogP contribution in [0.15, 0.2) is 34.7 Å². The molecule has 2 aromatic heterocycles. The van der Waals surface area contributed by atoms with Crippen molar-refractivity contribution >= 4 is 27.5 Å². The number of hydrogen-bond acceptors (Lipinski definition) is 5. The molecule has 1 atom stereocenters. The van der Waals surface area contributed by atoms with Gasteiger partial charge >= 0.3 is 0 Å². The van der Waals surface area contributed by atoms with Gasteiger partial charge in [0.2, 0.25) is 0 Å². The molecule has 0 saturated carbocycles. The fourth-order valence-electron chi connectivity index (χ4n) is 3.45. The van der Waals surface area contributed by atoms with Gasteiger partial charge in [0.25, 0.3) is 5.56 Å². The first kappa shape index (κ1) is 16.0. The minimum Gasteiger partial charge on any atom is -0.548 e. The number of aryl methyl sites for hydroxylation is 2. The molecule has 0 bridgehead atoms. The van der Waals surface area contributed by atoms with Gasteiger partial charge in [-0.2, -0.15) is 0 Å². The van der Waals surface area contributed by atoms with Crippen LogP contribution in [0.5, 0.6) is 0 Å². The van der Waals surface area contributed by atoms with Gasteiger partial charge in [0.1, 0.15) is 4.83 Å². The van der Waals surface area contributed by atoms with Crippen LogP contribution < -0.4 is 10.7 Å². The van der Waals surface area contributed by atoms with E-state index in [9.17, 15) is 14.7 Å². The van der Waals surface area contributed by atoms with Crippen LogP contribution in [0.3, 0.4) is 0 Å². The first-order chi connectivity index (χ1) is 12.1. The summed E-state index contributed by atoms with van der Waals surface area (Å²) in [6.45, 7) is 1.43. The highest BCUT2D eigenvalue weighted by atomic mass is 32.1. The Morgan fingerprint density at radius 2 is 2.04 bits per heavy atom. The molecule has 2 heterocycles. The Bertz CT molecular complexity index is 1030. The van der Waals surface area contributed by atoms with E-state index >= 15 is 0 Å². The number of carbonyl (C=O) groups is 1. The largest absolute Gasteiger partial charge is 0.548 e. The first-order valence-corrected chi connectivity index (χ1v) is 9.25. The fourth-order valence-corrected chi connectivity index (χ4v) is 4.35. The third kappa shape index (κ3) is 2.66. The van der Waals surface area contributed by atoms with Gasteiger partial charge in [-0.3, -0.25) is 9.36 Å². The Morgan fingerprint density at radius 3 is 2.80 bits per heavy atom. The number of fused-ring (bicyclic) bond motifs is 2. The minimum absolute atomic E-state index is 0.337. The van der Waals surface area contributed by atoms with Crippen molar-refractivity contribution in [1.29, 1.82) is 0 Å². The van der Waals surface area contributed by atoms with Crippen LogP contribution in [-0.2, 0) is 17.6 Å². The van der Waals surface area contributed by atoms with Gasteiger partial charge in [0.15, 0.2) is 0 Å². The molecule has 0 N–H and O–H groups in total. The van der Waals surface area contributed by atoms with Gasteiger partial charge in [0.05, 0.1) is 23.7 Å². The second-order valence-corrected chi connectivity index (χ2v) is 7.33. The lowest BCUT2D eigenvalue weighted by Crippen LogP contribution is -2.36. The van der Waals surface area contributed by atoms with Crippen LogP contribution >= 0.6 is 11.3 Å². The molecule has 128 valence electrons. The zero-order chi connectivity index (χ0) is 17.6. The lowest BCUT2D eigenvalue weighted by molar-refractivity contribution is -0.309. The van der Waals surface area contributed by atoms with E-state index in [0.29, 0.717) is 10.2 Å². The number of carbonyl (C=O) groups excluding carboxylic acids is 1. The number of carboxylic acids is 1. The molecule has 25 heavy (non-hydrogen) atoms. The van der Waals surface area contributed by atoms with Crippen LogP contribution in [0.1, 0.15) is 36.9 Å². The summed E-state index contributed by atoms with van der Waals surface area (Å²) in [6.07, 6.45) is 5.88. The van der Waals surface area contributed by atoms with Crippen molar-refractivity contribution < 1.29 is 9.90 Å². The summed E-state index contributed by atoms with van der Waals surface area (Å²) in [6, 6.07) is 5.30. The van der Waals surface area contributed by atoms with Crippen molar-refractivity contribution in [2.45, 2.75) is 38.6 Å². The molecule has 0 saturated heterocycles. The predicted octanol–water partition coefficient (Wildman–Crippen LogP) is 2.31. The van der Waals surface area contributed by atoms with Crippen LogP contribution in [-0.4, -0.2) is 15.5 Å². The molecule has 1 aliphatic rings. The maximum Gasteiger partial charge on any atom is 0.263 e. The van der Waals surface area contributed by atoms with E-state index in [4.69, 9.17) is 0 Å². The van der Waals surface area contributed by atoms with Crippen LogP contribution in [0, 0.1) is 0 Å². The van der Waals surface area contributed by atoms with Crippen molar-refractivity contribution in [1.82, 2.24) is 9.55 Å². The van der Waals surface area contributed by atoms with E-state index in [1.54, 1.807) is 0 Å². The molecule has 1 aliphatic carbocycles. The zero-order valence-corrected chi connectivity index (χ0v) is 14.6. The van der Waals surface area contributed by atoms with Gasteiger partial charge in [-0.25, -0.2) is 4.98 Å². The number of carboxylic acid groups (broad SMARTS) is 1. The van der Waals surface area contributed by atoms with Crippen LogP contribution in [0.2, 0.25) is 0 Å². The average Bonchev–Trinajstić information content (AvgIpc) is 3.06. The highest BCUT2D eigenvalue weighted by Crippen LogP contribution is 2.33. The van der Waals surface area contributed by atoms with Crippen molar-refractivity contribution in [2.24, 2.45) is 0 Å². The van der Waals surface area contributed by atoms with Crippen molar-refractivity contribution in [2.75, 3.05) is 0 Å². The van der Waals surface area contributed by atoms with E-state index in [0.717, 1.165) is 28.5 Å². The van der Waals surface area contributed by atoms with Gasteiger partial charge < -0.3 is 9.90 Å². The highest BCUT2D eigenvalue weighted by molar-refractivity contribution is 7.17. The van der Waals surface area contributed by atoms with E-state index in [2.05, 4.69) is 17.1 Å². The summed E-state index contributed by atoms with van der Waals surface area (Å²) in [5, 5.41) is 13.6. The predicted molar refractivity (Wildman–Crippen MR) is 95.7 cm³/mol. The second-order valence-electron chi connectivity index (χ2n) is 6.47. The number of hydrogen-bond donors (Lipinski definition) is 0. The molecule has 0 aliphatic heterocycles. The summed E-state index contributed by atoms with van der Waals surface area (Å²) >= 11 is 1.40. The van der Waals surface area contributed by atoms with Crippen molar-refractivity contribution in [3.63, 3.8) is 0 Å². The van der Waals surface area contributed by atoms with Gasteiger partial charge in [-0.1, -0.05) is 18.2 Å². The smallest absolute Gasteiger partial charge is 0.263 e. The monoisotopic (exact) mass is 353 g/mol. The highest BCUT2D eigenvalue weighted by Gasteiger charge is 2.17. The fraction of sp³-hybridized carbons (Fsp3) is 0.316. The van der Waals surface area contributed by atoms with Crippen LogP contribution in [0.25, 0.3) is 21.3 Å². The lowest BCUT2D eigenvalue weighted by atomic mass is 9.89. The number of rotatable bonds is 3. The number of aromatic nitrogens is 2. The third-order valence-corrected chi connectivity index (χ3v) is 5.82. The normalized spacial score (nSPS) is 15.1. The molecule has 6 heteroatoms. The number of aliphatic carboxylic acids is 1. The Hall–Kier alpha value is -2.47. The number of nitrogens with zero attached hydrogens (tertiary/aromatic N) is 2. The van der Waals surface area contributed by atoms with E-state index in [1.165, 1.54) is 48.6 Å². The van der Waals surface area contributed by atoms with Gasteiger partial charge in [0, 0.05) is 10.9 Å². The molecular formula is C19H17N2O3S-. The molecule has 0 amide bonds. The molecule has 0 unspecified atom stereocenters. The molecule has 0 spiro atoms. The molecule has 1 aromatic carbocycles. The maximum absolute atomic E-state index is 12.9. The quantitative estimate of drug-likeness (QED) is 0.724.